The molecule has 2 aromatic rings. The van der Waals surface area contributed by atoms with Crippen LogP contribution in [0, 0.1) is 0 Å². The molecule has 4 nitrogen and oxygen atoms in total. The Kier molecular flexibility index (Phi) is 4.73. The molecular formula is C20H22BrN3O. The van der Waals surface area contributed by atoms with Crippen molar-refractivity contribution >= 4 is 27.6 Å². The first-order chi connectivity index (χ1) is 12.2. The number of piperazine rings is 1. The minimum atomic E-state index is 0.00885. The molecule has 0 radical (unpaired) electrons. The maximum absolute atomic E-state index is 9.98. The van der Waals surface area contributed by atoms with Gasteiger partial charge >= 0.3 is 0 Å². The third kappa shape index (κ3) is 3.17. The Labute approximate surface area is 156 Å². The molecule has 1 aliphatic heterocycles. The van der Waals surface area contributed by atoms with Crippen LogP contribution >= 0.6 is 15.9 Å². The summed E-state index contributed by atoms with van der Waals surface area (Å²) in [5.41, 5.74) is 5.44. The number of hydrogen-bond donors (Lipinski definition) is 1. The molecule has 1 aromatic carbocycles. The summed E-state index contributed by atoms with van der Waals surface area (Å²) >= 11 is 3.54. The average molecular weight is 400 g/mol. The van der Waals surface area contributed by atoms with E-state index in [9.17, 15) is 5.11 Å². The number of fused-ring (bicyclic) bond motifs is 2. The molecule has 1 saturated heterocycles. The van der Waals surface area contributed by atoms with Crippen LogP contribution in [-0.4, -0.2) is 59.7 Å². The quantitative estimate of drug-likeness (QED) is 0.842. The first-order valence-corrected chi connectivity index (χ1v) is 9.45. The number of likely N-dealkylation sites (N-methyl/N-ethyl adjacent to an activating group) is 1. The van der Waals surface area contributed by atoms with Crippen molar-refractivity contribution in [3.8, 4) is 0 Å². The van der Waals surface area contributed by atoms with E-state index >= 15 is 0 Å². The molecule has 5 heteroatoms. The summed E-state index contributed by atoms with van der Waals surface area (Å²) in [7, 11) is 2.17. The molecule has 0 amide bonds. The van der Waals surface area contributed by atoms with E-state index in [2.05, 4.69) is 69.2 Å². The first-order valence-electron chi connectivity index (χ1n) is 8.66. The second-order valence-corrected chi connectivity index (χ2v) is 7.70. The molecule has 4 rings (SSSR count). The molecule has 0 saturated carbocycles. The van der Waals surface area contributed by atoms with Crippen LogP contribution in [-0.2, 0) is 0 Å². The highest BCUT2D eigenvalue weighted by atomic mass is 79.9. The Bertz CT molecular complexity index is 812. The summed E-state index contributed by atoms with van der Waals surface area (Å²) in [4.78, 5) is 9.69. The minimum absolute atomic E-state index is 0.00885. The zero-order valence-corrected chi connectivity index (χ0v) is 15.9. The predicted molar refractivity (Wildman–Crippen MR) is 104 cm³/mol. The van der Waals surface area contributed by atoms with Crippen molar-refractivity contribution in [1.29, 1.82) is 0 Å². The van der Waals surface area contributed by atoms with Gasteiger partial charge in [-0.15, -0.1) is 0 Å². The van der Waals surface area contributed by atoms with Crippen molar-refractivity contribution in [1.82, 2.24) is 14.8 Å². The van der Waals surface area contributed by atoms with Gasteiger partial charge in [0.25, 0.3) is 0 Å². The van der Waals surface area contributed by atoms with E-state index in [0.717, 1.165) is 47.5 Å². The van der Waals surface area contributed by atoms with Gasteiger partial charge in [-0.05, 0) is 51.8 Å². The maximum Gasteiger partial charge on any atom is 0.0789 e. The van der Waals surface area contributed by atoms with E-state index in [1.807, 2.05) is 6.20 Å². The van der Waals surface area contributed by atoms with Gasteiger partial charge in [-0.2, -0.15) is 0 Å². The third-order valence-corrected chi connectivity index (χ3v) is 5.62. The molecule has 1 aromatic heterocycles. The number of rotatable bonds is 2. The van der Waals surface area contributed by atoms with Gasteiger partial charge in [-0.25, -0.2) is 0 Å². The average Bonchev–Trinajstić information content (AvgIpc) is 2.76. The summed E-state index contributed by atoms with van der Waals surface area (Å²) in [5, 5.41) is 9.98. The van der Waals surface area contributed by atoms with Gasteiger partial charge in [0, 0.05) is 42.4 Å². The largest absolute Gasteiger partial charge is 0.392 e. The van der Waals surface area contributed by atoms with Crippen molar-refractivity contribution < 1.29 is 5.11 Å². The van der Waals surface area contributed by atoms with Gasteiger partial charge in [0.2, 0.25) is 0 Å². The van der Waals surface area contributed by atoms with Crippen LogP contribution in [0.5, 0.6) is 0 Å². The van der Waals surface area contributed by atoms with Crippen LogP contribution in [0.1, 0.15) is 28.4 Å². The number of halogens is 1. The number of aliphatic hydroxyl groups is 1. The van der Waals surface area contributed by atoms with Crippen molar-refractivity contribution in [2.24, 2.45) is 0 Å². The second kappa shape index (κ2) is 7.00. The molecule has 2 heterocycles. The number of aliphatic hydroxyl groups excluding tert-OH is 1. The Morgan fingerprint density at radius 2 is 1.96 bits per heavy atom. The Morgan fingerprint density at radius 1 is 1.20 bits per heavy atom. The molecule has 2 aliphatic rings. The van der Waals surface area contributed by atoms with Crippen LogP contribution in [0.3, 0.4) is 0 Å². The van der Waals surface area contributed by atoms with E-state index in [4.69, 9.17) is 4.98 Å². The summed E-state index contributed by atoms with van der Waals surface area (Å²) in [6.07, 6.45) is 3.98. The number of hydrogen-bond acceptors (Lipinski definition) is 4. The number of aromatic nitrogens is 1. The lowest BCUT2D eigenvalue weighted by molar-refractivity contribution is 0.125. The molecule has 1 N–H and O–H groups in total. The monoisotopic (exact) mass is 399 g/mol. The van der Waals surface area contributed by atoms with E-state index in [-0.39, 0.29) is 12.6 Å². The number of benzene rings is 1. The lowest BCUT2D eigenvalue weighted by Gasteiger charge is -2.38. The lowest BCUT2D eigenvalue weighted by atomic mass is 9.95. The van der Waals surface area contributed by atoms with E-state index in [1.165, 1.54) is 11.1 Å². The summed E-state index contributed by atoms with van der Waals surface area (Å²) in [6, 6.07) is 10.7. The molecule has 1 atom stereocenters. The van der Waals surface area contributed by atoms with Crippen molar-refractivity contribution in [2.45, 2.75) is 6.04 Å². The smallest absolute Gasteiger partial charge is 0.0789 e. The normalized spacial score (nSPS) is 21.2. The van der Waals surface area contributed by atoms with E-state index in [0.29, 0.717) is 0 Å². The highest BCUT2D eigenvalue weighted by molar-refractivity contribution is 9.10. The summed E-state index contributed by atoms with van der Waals surface area (Å²) in [6.45, 7) is 4.16. The minimum Gasteiger partial charge on any atom is -0.392 e. The van der Waals surface area contributed by atoms with E-state index in [1.54, 1.807) is 0 Å². The molecular weight excluding hydrogens is 378 g/mol. The predicted octanol–water partition coefficient (Wildman–Crippen LogP) is 3.03. The molecule has 0 spiro atoms. The Balaban J connectivity index is 1.90. The van der Waals surface area contributed by atoms with Crippen LogP contribution < -0.4 is 0 Å². The topological polar surface area (TPSA) is 39.6 Å². The summed E-state index contributed by atoms with van der Waals surface area (Å²) in [5.74, 6) is 0. The molecule has 1 fully saturated rings. The van der Waals surface area contributed by atoms with E-state index < -0.39 is 0 Å². The molecule has 1 aliphatic carbocycles. The highest BCUT2D eigenvalue weighted by Crippen LogP contribution is 2.39. The van der Waals surface area contributed by atoms with Gasteiger partial charge in [-0.1, -0.05) is 24.3 Å². The standard InChI is InChI=1S/C20H22BrN3O/c1-23-6-8-24(9-7-23)20-17-5-3-2-4-14(17)10-15(13-25)18-11-16(21)12-22-19(18)20/h2-5,10-12,20,25H,6-9,13H2,1H3. The van der Waals surface area contributed by atoms with Crippen LogP contribution in [0.4, 0.5) is 0 Å². The maximum atomic E-state index is 9.98. The number of pyridine rings is 1. The third-order valence-electron chi connectivity index (χ3n) is 5.18. The zero-order valence-electron chi connectivity index (χ0n) is 14.3. The van der Waals surface area contributed by atoms with Crippen LogP contribution in [0.2, 0.25) is 0 Å². The molecule has 0 bridgehead atoms. The second-order valence-electron chi connectivity index (χ2n) is 6.78. The van der Waals surface area contributed by atoms with Crippen molar-refractivity contribution in [2.75, 3.05) is 39.8 Å². The number of nitrogens with zero attached hydrogens (tertiary/aromatic N) is 3. The van der Waals surface area contributed by atoms with Crippen LogP contribution in [0.15, 0.2) is 41.0 Å². The van der Waals surface area contributed by atoms with Gasteiger partial charge in [0.05, 0.1) is 18.3 Å². The zero-order chi connectivity index (χ0) is 17.4. The van der Waals surface area contributed by atoms with Crippen molar-refractivity contribution in [3.63, 3.8) is 0 Å². The Morgan fingerprint density at radius 3 is 2.72 bits per heavy atom. The summed E-state index contributed by atoms with van der Waals surface area (Å²) < 4.78 is 0.939. The molecule has 25 heavy (non-hydrogen) atoms. The fourth-order valence-electron chi connectivity index (χ4n) is 3.81. The van der Waals surface area contributed by atoms with Gasteiger partial charge in [0.15, 0.2) is 0 Å². The lowest BCUT2D eigenvalue weighted by Crippen LogP contribution is -2.46. The fourth-order valence-corrected chi connectivity index (χ4v) is 4.14. The first kappa shape index (κ1) is 16.9. The molecule has 1 unspecified atom stereocenters. The van der Waals surface area contributed by atoms with Crippen LogP contribution in [0.25, 0.3) is 11.6 Å². The SMILES string of the molecule is CN1CCN(C2c3ccccc3C=C(CO)c3cc(Br)cnc32)CC1. The highest BCUT2D eigenvalue weighted by Gasteiger charge is 2.32. The Hall–Kier alpha value is -1.53. The van der Waals surface area contributed by atoms with Gasteiger partial charge < -0.3 is 10.0 Å². The molecule has 130 valence electrons. The van der Waals surface area contributed by atoms with Crippen molar-refractivity contribution in [3.05, 3.63) is 63.4 Å². The van der Waals surface area contributed by atoms with Gasteiger partial charge in [0.1, 0.15) is 0 Å². The van der Waals surface area contributed by atoms with Gasteiger partial charge in [-0.3, -0.25) is 9.88 Å². The fraction of sp³-hybridized carbons (Fsp3) is 0.350.